The molecule has 1 aliphatic rings. The first kappa shape index (κ1) is 19.8. The molecular formula is C18H22N6O3S. The minimum atomic E-state index is -0.500. The van der Waals surface area contributed by atoms with E-state index in [1.54, 1.807) is 11.0 Å². The van der Waals surface area contributed by atoms with E-state index >= 15 is 0 Å². The second kappa shape index (κ2) is 8.39. The first-order valence-electron chi connectivity index (χ1n) is 8.92. The number of hydrogen-bond acceptors (Lipinski definition) is 9. The van der Waals surface area contributed by atoms with Gasteiger partial charge in [-0.05, 0) is 20.8 Å². The third kappa shape index (κ3) is 5.53. The van der Waals surface area contributed by atoms with Gasteiger partial charge in [0.2, 0.25) is 5.88 Å². The predicted octanol–water partition coefficient (Wildman–Crippen LogP) is 3.33. The van der Waals surface area contributed by atoms with Crippen LogP contribution in [0, 0.1) is 11.3 Å². The maximum atomic E-state index is 12.1. The van der Waals surface area contributed by atoms with Crippen LogP contribution < -0.4 is 10.1 Å². The fraction of sp³-hybridized carbons (Fsp3) is 0.500. The predicted molar refractivity (Wildman–Crippen MR) is 104 cm³/mol. The molecule has 0 saturated carbocycles. The summed E-state index contributed by atoms with van der Waals surface area (Å²) in [7, 11) is 0. The zero-order valence-corrected chi connectivity index (χ0v) is 16.8. The Morgan fingerprint density at radius 2 is 2.07 bits per heavy atom. The van der Waals surface area contributed by atoms with Gasteiger partial charge in [0, 0.05) is 32.0 Å². The average molecular weight is 402 g/mol. The number of piperidine rings is 1. The van der Waals surface area contributed by atoms with Gasteiger partial charge in [-0.15, -0.1) is 0 Å². The summed E-state index contributed by atoms with van der Waals surface area (Å²) in [5.74, 6) is 0.986. The molecule has 3 heterocycles. The highest BCUT2D eigenvalue weighted by molar-refractivity contribution is 7.16. The first-order chi connectivity index (χ1) is 13.3. The summed E-state index contributed by atoms with van der Waals surface area (Å²) in [6.45, 7) is 6.72. The Labute approximate surface area is 167 Å². The molecule has 28 heavy (non-hydrogen) atoms. The van der Waals surface area contributed by atoms with Crippen molar-refractivity contribution in [2.24, 2.45) is 0 Å². The van der Waals surface area contributed by atoms with Gasteiger partial charge in [-0.1, -0.05) is 11.3 Å². The van der Waals surface area contributed by atoms with Crippen LogP contribution in [0.5, 0.6) is 5.88 Å². The quantitative estimate of drug-likeness (QED) is 0.828. The van der Waals surface area contributed by atoms with Crippen LogP contribution in [0.15, 0.2) is 18.6 Å². The van der Waals surface area contributed by atoms with Gasteiger partial charge in [-0.25, -0.2) is 19.7 Å². The smallest absolute Gasteiger partial charge is 0.410 e. The van der Waals surface area contributed by atoms with Gasteiger partial charge in [0.05, 0.1) is 6.20 Å². The zero-order valence-electron chi connectivity index (χ0n) is 16.0. The van der Waals surface area contributed by atoms with E-state index < -0.39 is 5.60 Å². The fourth-order valence-corrected chi connectivity index (χ4v) is 3.24. The highest BCUT2D eigenvalue weighted by atomic mass is 32.1. The maximum Gasteiger partial charge on any atom is 0.410 e. The van der Waals surface area contributed by atoms with Crippen LogP contribution in [0.4, 0.5) is 15.7 Å². The SMILES string of the molecule is CC(C)(C)OC(=O)N1CCC(Oc2cc(Nc3ncc(C#N)s3)ncn2)CC1. The number of hydrogen-bond donors (Lipinski definition) is 1. The van der Waals surface area contributed by atoms with Crippen LogP contribution in [0.3, 0.4) is 0 Å². The Bertz CT molecular complexity index is 865. The molecule has 0 atom stereocenters. The maximum absolute atomic E-state index is 12.1. The van der Waals surface area contributed by atoms with Crippen LogP contribution in [0.1, 0.15) is 38.5 Å². The lowest BCUT2D eigenvalue weighted by Crippen LogP contribution is -2.44. The lowest BCUT2D eigenvalue weighted by Gasteiger charge is -2.33. The van der Waals surface area contributed by atoms with Crippen molar-refractivity contribution in [1.29, 1.82) is 5.26 Å². The minimum absolute atomic E-state index is 0.0357. The number of carbonyl (C=O) groups is 1. The molecule has 1 amide bonds. The van der Waals surface area contributed by atoms with Crippen molar-refractivity contribution in [3.8, 4) is 11.9 Å². The number of aromatic nitrogens is 3. The molecule has 1 fully saturated rings. The number of likely N-dealkylation sites (tertiary alicyclic amines) is 1. The summed E-state index contributed by atoms with van der Waals surface area (Å²) < 4.78 is 11.4. The molecule has 10 heteroatoms. The summed E-state index contributed by atoms with van der Waals surface area (Å²) in [4.78, 5) is 26.8. The zero-order chi connectivity index (χ0) is 20.1. The average Bonchev–Trinajstić information content (AvgIpc) is 3.09. The monoisotopic (exact) mass is 402 g/mol. The van der Waals surface area contributed by atoms with Crippen molar-refractivity contribution in [2.75, 3.05) is 18.4 Å². The highest BCUT2D eigenvalue weighted by Gasteiger charge is 2.27. The van der Waals surface area contributed by atoms with E-state index in [1.165, 1.54) is 23.9 Å². The van der Waals surface area contributed by atoms with E-state index in [-0.39, 0.29) is 12.2 Å². The number of anilines is 2. The van der Waals surface area contributed by atoms with Crippen LogP contribution in [-0.2, 0) is 4.74 Å². The third-order valence-corrected chi connectivity index (χ3v) is 4.69. The number of rotatable bonds is 4. The number of thiazole rings is 1. The second-order valence-corrected chi connectivity index (χ2v) is 8.32. The highest BCUT2D eigenvalue weighted by Crippen LogP contribution is 2.24. The Hall–Kier alpha value is -2.93. The largest absolute Gasteiger partial charge is 0.474 e. The molecule has 0 bridgehead atoms. The van der Waals surface area contributed by atoms with Crippen molar-refractivity contribution >= 4 is 28.4 Å². The number of nitriles is 1. The number of carbonyl (C=O) groups excluding carboxylic acids is 1. The van der Waals surface area contributed by atoms with Crippen LogP contribution >= 0.6 is 11.3 Å². The van der Waals surface area contributed by atoms with Gasteiger partial charge in [0.1, 0.15) is 34.8 Å². The Kier molecular flexibility index (Phi) is 5.94. The molecule has 0 aliphatic carbocycles. The van der Waals surface area contributed by atoms with Crippen molar-refractivity contribution in [3.63, 3.8) is 0 Å². The molecule has 3 rings (SSSR count). The van der Waals surface area contributed by atoms with Crippen LogP contribution in [-0.4, -0.2) is 50.7 Å². The summed E-state index contributed by atoms with van der Waals surface area (Å²) in [5, 5.41) is 12.5. The summed E-state index contributed by atoms with van der Waals surface area (Å²) >= 11 is 1.24. The molecule has 2 aromatic rings. The van der Waals surface area contributed by atoms with E-state index in [0.29, 0.717) is 47.6 Å². The van der Waals surface area contributed by atoms with Gasteiger partial charge in [0.25, 0.3) is 0 Å². The molecule has 2 aromatic heterocycles. The Morgan fingerprint density at radius 1 is 1.32 bits per heavy atom. The van der Waals surface area contributed by atoms with Gasteiger partial charge in [-0.3, -0.25) is 0 Å². The molecule has 148 valence electrons. The Morgan fingerprint density at radius 3 is 2.71 bits per heavy atom. The summed E-state index contributed by atoms with van der Waals surface area (Å²) in [6, 6.07) is 3.73. The minimum Gasteiger partial charge on any atom is -0.474 e. The lowest BCUT2D eigenvalue weighted by atomic mass is 10.1. The van der Waals surface area contributed by atoms with Crippen molar-refractivity contribution in [1.82, 2.24) is 19.9 Å². The molecule has 0 aromatic carbocycles. The Balaban J connectivity index is 1.52. The van der Waals surface area contributed by atoms with Crippen LogP contribution in [0.25, 0.3) is 0 Å². The first-order valence-corrected chi connectivity index (χ1v) is 9.73. The molecule has 1 N–H and O–H groups in total. The number of ether oxygens (including phenoxy) is 2. The molecule has 1 saturated heterocycles. The lowest BCUT2D eigenvalue weighted by molar-refractivity contribution is 0.0123. The van der Waals surface area contributed by atoms with Gasteiger partial charge in [0.15, 0.2) is 5.13 Å². The van der Waals surface area contributed by atoms with E-state index in [2.05, 4.69) is 20.3 Å². The van der Waals surface area contributed by atoms with Crippen LogP contribution in [0.2, 0.25) is 0 Å². The van der Waals surface area contributed by atoms with Crippen molar-refractivity contribution < 1.29 is 14.3 Å². The number of nitrogens with zero attached hydrogens (tertiary/aromatic N) is 5. The van der Waals surface area contributed by atoms with E-state index in [4.69, 9.17) is 14.7 Å². The second-order valence-electron chi connectivity index (χ2n) is 7.29. The van der Waals surface area contributed by atoms with Crippen molar-refractivity contribution in [2.45, 2.75) is 45.3 Å². The number of nitrogens with one attached hydrogen (secondary N) is 1. The molecule has 0 spiro atoms. The van der Waals surface area contributed by atoms with Gasteiger partial charge >= 0.3 is 6.09 Å². The summed E-state index contributed by atoms with van der Waals surface area (Å²) in [5.41, 5.74) is -0.500. The normalized spacial score (nSPS) is 15.0. The topological polar surface area (TPSA) is 113 Å². The van der Waals surface area contributed by atoms with Gasteiger partial charge in [-0.2, -0.15) is 5.26 Å². The van der Waals surface area contributed by atoms with E-state index in [9.17, 15) is 4.79 Å². The fourth-order valence-electron chi connectivity index (χ4n) is 2.62. The standard InChI is InChI=1S/C18H22N6O3S/c1-18(2,3)27-17(25)24-6-4-12(5-7-24)26-15-8-14(21-11-22-15)23-16-20-10-13(9-19)28-16/h8,10-12H,4-7H2,1-3H3,(H,20,21,22,23). The molecule has 0 radical (unpaired) electrons. The van der Waals surface area contributed by atoms with Gasteiger partial charge < -0.3 is 19.7 Å². The molecule has 9 nitrogen and oxygen atoms in total. The third-order valence-electron chi connectivity index (χ3n) is 3.87. The molecule has 0 unspecified atom stereocenters. The molecule has 1 aliphatic heterocycles. The van der Waals surface area contributed by atoms with Crippen molar-refractivity contribution in [3.05, 3.63) is 23.5 Å². The van der Waals surface area contributed by atoms with E-state index in [0.717, 1.165) is 0 Å². The van der Waals surface area contributed by atoms with E-state index in [1.807, 2.05) is 26.8 Å². The summed E-state index contributed by atoms with van der Waals surface area (Å²) in [6.07, 6.45) is 3.98. The molecular weight excluding hydrogens is 380 g/mol. The number of amides is 1.